The van der Waals surface area contributed by atoms with E-state index in [4.69, 9.17) is 9.47 Å². The van der Waals surface area contributed by atoms with Gasteiger partial charge in [0.25, 0.3) is 0 Å². The highest BCUT2D eigenvalue weighted by molar-refractivity contribution is 5.89. The minimum absolute atomic E-state index is 0.00234. The SMILES string of the molecule is O=C(NCCCOc1c(OCc2ccccc2)ccc2ncc(O)cc12)C1CC(O)CCN1C(=O)O. The summed E-state index contributed by atoms with van der Waals surface area (Å²) >= 11 is 0. The molecule has 1 aliphatic heterocycles. The molecule has 190 valence electrons. The van der Waals surface area contributed by atoms with Crippen molar-refractivity contribution < 1.29 is 34.4 Å². The summed E-state index contributed by atoms with van der Waals surface area (Å²) in [4.78, 5) is 29.3. The van der Waals surface area contributed by atoms with Crippen molar-refractivity contribution in [3.63, 3.8) is 0 Å². The number of aliphatic hydroxyl groups excluding tert-OH is 1. The van der Waals surface area contributed by atoms with E-state index in [1.54, 1.807) is 18.2 Å². The van der Waals surface area contributed by atoms with Crippen LogP contribution in [0.2, 0.25) is 0 Å². The number of carbonyl (C=O) groups is 2. The van der Waals surface area contributed by atoms with Gasteiger partial charge in [-0.25, -0.2) is 4.79 Å². The second kappa shape index (κ2) is 11.6. The predicted octanol–water partition coefficient (Wildman–Crippen LogP) is 2.91. The number of aliphatic hydroxyl groups is 1. The Bertz CT molecular complexity index is 1200. The number of nitrogens with zero attached hydrogens (tertiary/aromatic N) is 2. The second-order valence-corrected chi connectivity index (χ2v) is 8.59. The molecular weight excluding hydrogens is 466 g/mol. The number of pyridine rings is 1. The highest BCUT2D eigenvalue weighted by Gasteiger charge is 2.35. The van der Waals surface area contributed by atoms with E-state index in [0.29, 0.717) is 41.9 Å². The Kier molecular flexibility index (Phi) is 8.06. The highest BCUT2D eigenvalue weighted by Crippen LogP contribution is 2.37. The molecule has 0 saturated carbocycles. The maximum absolute atomic E-state index is 12.6. The molecule has 4 rings (SSSR count). The summed E-state index contributed by atoms with van der Waals surface area (Å²) in [6, 6.07) is 13.9. The molecule has 0 spiro atoms. The lowest BCUT2D eigenvalue weighted by Crippen LogP contribution is -2.54. The molecule has 3 aromatic rings. The molecule has 2 heterocycles. The summed E-state index contributed by atoms with van der Waals surface area (Å²) < 4.78 is 12.0. The number of amides is 2. The summed E-state index contributed by atoms with van der Waals surface area (Å²) in [7, 11) is 0. The molecule has 0 bridgehead atoms. The molecule has 0 radical (unpaired) electrons. The highest BCUT2D eigenvalue weighted by atomic mass is 16.5. The fourth-order valence-corrected chi connectivity index (χ4v) is 4.14. The molecule has 2 atom stereocenters. The number of benzene rings is 2. The van der Waals surface area contributed by atoms with Crippen LogP contribution in [-0.4, -0.2) is 69.0 Å². The zero-order chi connectivity index (χ0) is 25.5. The summed E-state index contributed by atoms with van der Waals surface area (Å²) in [5, 5.41) is 32.5. The number of likely N-dealkylation sites (tertiary alicyclic amines) is 1. The number of ether oxygens (including phenoxy) is 2. The molecule has 1 aromatic heterocycles. The molecule has 4 N–H and O–H groups in total. The fraction of sp³-hybridized carbons (Fsp3) is 0.346. The van der Waals surface area contributed by atoms with Crippen molar-refractivity contribution >= 4 is 22.9 Å². The number of hydrogen-bond donors (Lipinski definition) is 4. The number of hydrogen-bond acceptors (Lipinski definition) is 7. The molecular formula is C26H29N3O7. The minimum Gasteiger partial charge on any atom is -0.506 e. The van der Waals surface area contributed by atoms with E-state index in [9.17, 15) is 24.9 Å². The Labute approximate surface area is 208 Å². The van der Waals surface area contributed by atoms with E-state index in [1.165, 1.54) is 6.20 Å². The van der Waals surface area contributed by atoms with Gasteiger partial charge in [-0.3, -0.25) is 14.7 Å². The Morgan fingerprint density at radius 1 is 1.14 bits per heavy atom. The summed E-state index contributed by atoms with van der Waals surface area (Å²) in [6.45, 7) is 0.934. The summed E-state index contributed by atoms with van der Waals surface area (Å²) in [5.74, 6) is 0.487. The molecule has 0 aliphatic carbocycles. The zero-order valence-corrected chi connectivity index (χ0v) is 19.7. The van der Waals surface area contributed by atoms with Crippen LogP contribution in [0.4, 0.5) is 4.79 Å². The third-order valence-corrected chi connectivity index (χ3v) is 5.99. The van der Waals surface area contributed by atoms with Gasteiger partial charge < -0.3 is 30.1 Å². The third-order valence-electron chi connectivity index (χ3n) is 5.99. The first kappa shape index (κ1) is 25.1. The summed E-state index contributed by atoms with van der Waals surface area (Å²) in [6.07, 6.45) is 0.299. The molecule has 2 amide bonds. The number of aromatic nitrogens is 1. The Morgan fingerprint density at radius 2 is 1.94 bits per heavy atom. The zero-order valence-electron chi connectivity index (χ0n) is 19.7. The number of carbonyl (C=O) groups excluding carboxylic acids is 1. The number of piperidine rings is 1. The van der Waals surface area contributed by atoms with Gasteiger partial charge in [-0.2, -0.15) is 0 Å². The van der Waals surface area contributed by atoms with Gasteiger partial charge in [-0.15, -0.1) is 0 Å². The van der Waals surface area contributed by atoms with Crippen molar-refractivity contribution in [2.75, 3.05) is 19.7 Å². The normalized spacial score (nSPS) is 17.5. The molecule has 2 aromatic carbocycles. The van der Waals surface area contributed by atoms with Crippen LogP contribution in [0.3, 0.4) is 0 Å². The third kappa shape index (κ3) is 6.14. The van der Waals surface area contributed by atoms with Crippen LogP contribution in [-0.2, 0) is 11.4 Å². The molecule has 10 heteroatoms. The quantitative estimate of drug-likeness (QED) is 0.332. The lowest BCUT2D eigenvalue weighted by Gasteiger charge is -2.34. The van der Waals surface area contributed by atoms with E-state index in [-0.39, 0.29) is 31.9 Å². The van der Waals surface area contributed by atoms with Crippen molar-refractivity contribution in [3.05, 3.63) is 60.3 Å². The van der Waals surface area contributed by atoms with Gasteiger partial charge in [0.15, 0.2) is 11.5 Å². The van der Waals surface area contributed by atoms with Crippen LogP contribution in [0.15, 0.2) is 54.7 Å². The predicted molar refractivity (Wildman–Crippen MR) is 131 cm³/mol. The minimum atomic E-state index is -1.18. The van der Waals surface area contributed by atoms with Crippen LogP contribution >= 0.6 is 0 Å². The maximum atomic E-state index is 12.6. The van der Waals surface area contributed by atoms with Crippen LogP contribution < -0.4 is 14.8 Å². The van der Waals surface area contributed by atoms with E-state index < -0.39 is 24.1 Å². The van der Waals surface area contributed by atoms with E-state index in [2.05, 4.69) is 10.3 Å². The first-order valence-corrected chi connectivity index (χ1v) is 11.8. The van der Waals surface area contributed by atoms with Gasteiger partial charge in [-0.05, 0) is 36.6 Å². The van der Waals surface area contributed by atoms with Gasteiger partial charge in [0.05, 0.1) is 24.4 Å². The van der Waals surface area contributed by atoms with Crippen LogP contribution in [0.1, 0.15) is 24.8 Å². The molecule has 1 saturated heterocycles. The van der Waals surface area contributed by atoms with E-state index in [1.807, 2.05) is 30.3 Å². The number of fused-ring (bicyclic) bond motifs is 1. The smallest absolute Gasteiger partial charge is 0.407 e. The fourth-order valence-electron chi connectivity index (χ4n) is 4.14. The molecule has 1 aliphatic rings. The number of aromatic hydroxyl groups is 1. The van der Waals surface area contributed by atoms with Crippen LogP contribution in [0, 0.1) is 0 Å². The topological polar surface area (TPSA) is 141 Å². The number of rotatable bonds is 9. The first-order valence-electron chi connectivity index (χ1n) is 11.8. The average Bonchev–Trinajstić information content (AvgIpc) is 2.88. The Balaban J connectivity index is 1.38. The van der Waals surface area contributed by atoms with E-state index >= 15 is 0 Å². The second-order valence-electron chi connectivity index (χ2n) is 8.59. The Morgan fingerprint density at radius 3 is 2.72 bits per heavy atom. The number of carboxylic acid groups (broad SMARTS) is 1. The lowest BCUT2D eigenvalue weighted by atomic mass is 9.99. The molecule has 2 unspecified atom stereocenters. The van der Waals surface area contributed by atoms with E-state index in [0.717, 1.165) is 10.5 Å². The molecule has 10 nitrogen and oxygen atoms in total. The van der Waals surface area contributed by atoms with Crippen molar-refractivity contribution in [2.45, 2.75) is 38.0 Å². The maximum Gasteiger partial charge on any atom is 0.407 e. The van der Waals surface area contributed by atoms with Gasteiger partial charge in [-0.1, -0.05) is 30.3 Å². The largest absolute Gasteiger partial charge is 0.506 e. The van der Waals surface area contributed by atoms with Crippen molar-refractivity contribution in [1.29, 1.82) is 0 Å². The lowest BCUT2D eigenvalue weighted by molar-refractivity contribution is -0.128. The number of nitrogens with one attached hydrogen (secondary N) is 1. The Hall–Kier alpha value is -4.05. The van der Waals surface area contributed by atoms with Gasteiger partial charge >= 0.3 is 6.09 Å². The van der Waals surface area contributed by atoms with Gasteiger partial charge in [0.2, 0.25) is 5.91 Å². The average molecular weight is 496 g/mol. The first-order chi connectivity index (χ1) is 17.4. The monoisotopic (exact) mass is 495 g/mol. The van der Waals surface area contributed by atoms with Crippen LogP contribution in [0.5, 0.6) is 17.2 Å². The van der Waals surface area contributed by atoms with Gasteiger partial charge in [0, 0.05) is 24.9 Å². The van der Waals surface area contributed by atoms with Crippen molar-refractivity contribution in [3.8, 4) is 17.2 Å². The molecule has 36 heavy (non-hydrogen) atoms. The summed E-state index contributed by atoms with van der Waals surface area (Å²) in [5.41, 5.74) is 1.62. The molecule has 1 fully saturated rings. The van der Waals surface area contributed by atoms with Crippen molar-refractivity contribution in [1.82, 2.24) is 15.2 Å². The standard InChI is InChI=1S/C26H29N3O7/c30-18-9-11-29(26(33)34)22(14-18)25(32)27-10-4-12-35-24-20-13-19(31)15-28-21(20)7-8-23(24)36-16-17-5-2-1-3-6-17/h1-3,5-8,13,15,18,22,30-31H,4,9-12,14,16H2,(H,27,32)(H,33,34). The van der Waals surface area contributed by atoms with Gasteiger partial charge in [0.1, 0.15) is 18.4 Å². The van der Waals surface area contributed by atoms with Crippen LogP contribution in [0.25, 0.3) is 10.9 Å². The van der Waals surface area contributed by atoms with Crippen molar-refractivity contribution in [2.24, 2.45) is 0 Å².